The lowest BCUT2D eigenvalue weighted by molar-refractivity contribution is -0.143. The molecule has 202 valence electrons. The van der Waals surface area contributed by atoms with Crippen molar-refractivity contribution in [2.75, 3.05) is 12.4 Å². The fourth-order valence-electron chi connectivity index (χ4n) is 4.45. The average molecular weight is 517 g/mol. The lowest BCUT2D eigenvalue weighted by Gasteiger charge is -2.28. The van der Waals surface area contributed by atoms with Gasteiger partial charge in [-0.15, -0.1) is 0 Å². The van der Waals surface area contributed by atoms with Crippen molar-refractivity contribution in [1.29, 1.82) is 0 Å². The minimum absolute atomic E-state index is 0.202. The Morgan fingerprint density at radius 1 is 0.842 bits per heavy atom. The van der Waals surface area contributed by atoms with Crippen molar-refractivity contribution in [2.45, 2.75) is 71.3 Å². The molecule has 0 saturated heterocycles. The van der Waals surface area contributed by atoms with Crippen LogP contribution in [-0.2, 0) is 33.2 Å². The molecule has 0 aliphatic heterocycles. The van der Waals surface area contributed by atoms with E-state index in [-0.39, 0.29) is 10.8 Å². The number of aryl methyl sites for hydroxylation is 2. The van der Waals surface area contributed by atoms with Gasteiger partial charge in [0, 0.05) is 5.69 Å². The first-order chi connectivity index (χ1) is 17.8. The Kier molecular flexibility index (Phi) is 8.87. The highest BCUT2D eigenvalue weighted by Crippen LogP contribution is 2.40. The van der Waals surface area contributed by atoms with Gasteiger partial charge in [-0.3, -0.25) is 0 Å². The Labute approximate surface area is 226 Å². The molecule has 2 amide bonds. The normalized spacial score (nSPS) is 12.5. The van der Waals surface area contributed by atoms with E-state index in [1.54, 1.807) is 24.3 Å². The maximum Gasteiger partial charge on any atom is 0.333 e. The third-order valence-electron chi connectivity index (χ3n) is 6.58. The average Bonchev–Trinajstić information content (AvgIpc) is 2.86. The molecule has 0 fully saturated rings. The van der Waals surface area contributed by atoms with Gasteiger partial charge in [0.15, 0.2) is 6.04 Å². The number of methoxy groups -OCH3 is 1. The van der Waals surface area contributed by atoms with Gasteiger partial charge in [-0.25, -0.2) is 9.59 Å². The number of phenols is 1. The van der Waals surface area contributed by atoms with Gasteiger partial charge >= 0.3 is 12.0 Å². The number of phenolic OH excluding ortho intramolecular Hbond substituents is 1. The summed E-state index contributed by atoms with van der Waals surface area (Å²) in [7, 11) is 1.30. The molecule has 3 rings (SSSR count). The number of carbonyl (C=O) groups excluding carboxylic acids is 2. The van der Waals surface area contributed by atoms with E-state index in [0.29, 0.717) is 23.4 Å². The van der Waals surface area contributed by atoms with Crippen LogP contribution in [0.2, 0.25) is 0 Å². The number of rotatable bonds is 7. The third-order valence-corrected chi connectivity index (χ3v) is 6.58. The predicted molar refractivity (Wildman–Crippen MR) is 153 cm³/mol. The summed E-state index contributed by atoms with van der Waals surface area (Å²) >= 11 is 0. The molecule has 0 aliphatic carbocycles. The molecule has 3 aromatic rings. The molecular weight excluding hydrogens is 476 g/mol. The van der Waals surface area contributed by atoms with Gasteiger partial charge in [0.1, 0.15) is 5.75 Å². The molecule has 0 saturated carbocycles. The molecule has 3 aromatic carbocycles. The summed E-state index contributed by atoms with van der Waals surface area (Å²) in [6, 6.07) is 19.4. The summed E-state index contributed by atoms with van der Waals surface area (Å²) in [6.07, 6.45) is 1.43. The molecule has 3 N–H and O–H groups in total. The van der Waals surface area contributed by atoms with Gasteiger partial charge in [0.25, 0.3) is 0 Å². The second-order valence-electron chi connectivity index (χ2n) is 11.7. The van der Waals surface area contributed by atoms with Crippen molar-refractivity contribution in [3.8, 4) is 5.75 Å². The molecule has 0 radical (unpaired) electrons. The monoisotopic (exact) mass is 516 g/mol. The van der Waals surface area contributed by atoms with Gasteiger partial charge < -0.3 is 20.5 Å². The number of urea groups is 1. The number of anilines is 1. The number of amides is 2. The fraction of sp³-hybridized carbons (Fsp3) is 0.375. The van der Waals surface area contributed by atoms with Crippen molar-refractivity contribution in [3.63, 3.8) is 0 Å². The Morgan fingerprint density at radius 2 is 1.39 bits per heavy atom. The van der Waals surface area contributed by atoms with E-state index in [1.165, 1.54) is 7.11 Å². The number of carbonyl (C=O) groups is 2. The molecular formula is C32H40N2O4. The second-order valence-corrected chi connectivity index (χ2v) is 11.7. The highest BCUT2D eigenvalue weighted by atomic mass is 16.5. The Hall–Kier alpha value is -3.80. The summed E-state index contributed by atoms with van der Waals surface area (Å²) in [6.45, 7) is 12.6. The molecule has 0 bridgehead atoms. The first kappa shape index (κ1) is 28.8. The van der Waals surface area contributed by atoms with Crippen molar-refractivity contribution in [1.82, 2.24) is 5.32 Å². The molecule has 6 nitrogen and oxygen atoms in total. The van der Waals surface area contributed by atoms with Crippen molar-refractivity contribution < 1.29 is 19.4 Å². The van der Waals surface area contributed by atoms with Crippen LogP contribution in [0.5, 0.6) is 5.75 Å². The summed E-state index contributed by atoms with van der Waals surface area (Å²) in [5.74, 6) is -0.178. The number of hydrogen-bond acceptors (Lipinski definition) is 4. The summed E-state index contributed by atoms with van der Waals surface area (Å²) in [5.41, 5.74) is 4.87. The van der Waals surface area contributed by atoms with Crippen LogP contribution in [0.3, 0.4) is 0 Å². The van der Waals surface area contributed by atoms with Crippen LogP contribution in [0.1, 0.15) is 75.4 Å². The summed E-state index contributed by atoms with van der Waals surface area (Å²) in [5, 5.41) is 16.7. The summed E-state index contributed by atoms with van der Waals surface area (Å²) in [4.78, 5) is 25.3. The van der Waals surface area contributed by atoms with Crippen molar-refractivity contribution in [3.05, 3.63) is 94.5 Å². The number of para-hydroxylation sites is 1. The zero-order valence-corrected chi connectivity index (χ0v) is 23.5. The minimum atomic E-state index is -0.919. The van der Waals surface area contributed by atoms with Crippen LogP contribution >= 0.6 is 0 Å². The largest absolute Gasteiger partial charge is 0.507 e. The maximum absolute atomic E-state index is 12.9. The number of benzene rings is 3. The number of ether oxygens (including phenoxy) is 1. The molecule has 6 heteroatoms. The molecule has 1 atom stereocenters. The lowest BCUT2D eigenvalue weighted by atomic mass is 9.78. The first-order valence-electron chi connectivity index (χ1n) is 13.0. The van der Waals surface area contributed by atoms with Crippen LogP contribution in [-0.4, -0.2) is 24.2 Å². The first-order valence-corrected chi connectivity index (χ1v) is 13.0. The highest BCUT2D eigenvalue weighted by molar-refractivity contribution is 5.93. The zero-order chi connectivity index (χ0) is 28.1. The van der Waals surface area contributed by atoms with Crippen LogP contribution in [0.25, 0.3) is 0 Å². The zero-order valence-electron chi connectivity index (χ0n) is 23.5. The van der Waals surface area contributed by atoms with E-state index in [4.69, 9.17) is 4.74 Å². The van der Waals surface area contributed by atoms with Crippen LogP contribution in [0.15, 0.2) is 66.7 Å². The van der Waals surface area contributed by atoms with Gasteiger partial charge in [0.05, 0.1) is 7.11 Å². The smallest absolute Gasteiger partial charge is 0.333 e. The Bertz CT molecular complexity index is 1240. The minimum Gasteiger partial charge on any atom is -0.507 e. The predicted octanol–water partition coefficient (Wildman–Crippen LogP) is 6.81. The van der Waals surface area contributed by atoms with E-state index in [1.807, 2.05) is 30.3 Å². The lowest BCUT2D eigenvalue weighted by Crippen LogP contribution is -2.37. The number of esters is 1. The molecule has 0 aliphatic rings. The molecule has 0 heterocycles. The molecule has 38 heavy (non-hydrogen) atoms. The van der Waals surface area contributed by atoms with Gasteiger partial charge in [-0.1, -0.05) is 102 Å². The van der Waals surface area contributed by atoms with Gasteiger partial charge in [0.2, 0.25) is 0 Å². The quantitative estimate of drug-likeness (QED) is 0.301. The number of nitrogens with one attached hydrogen (secondary N) is 2. The summed E-state index contributed by atoms with van der Waals surface area (Å²) < 4.78 is 4.91. The number of aromatic hydroxyl groups is 1. The van der Waals surface area contributed by atoms with Gasteiger partial charge in [-0.05, 0) is 57.6 Å². The fourth-order valence-corrected chi connectivity index (χ4v) is 4.45. The van der Waals surface area contributed by atoms with Crippen LogP contribution in [0.4, 0.5) is 10.5 Å². The Balaban J connectivity index is 1.81. The van der Waals surface area contributed by atoms with E-state index >= 15 is 0 Å². The SMILES string of the molecule is COC(=O)[C@@H](NC(=O)Nc1ccccc1CCc1cc(C(C)(C)C)c(O)c(C(C)(C)C)c1)c1ccccc1. The standard InChI is InChI=1S/C32H40N2O4/c1-31(2,3)24-19-21(20-25(28(24)35)32(4,5)6)17-18-22-13-11-12-16-26(22)33-30(37)34-27(29(36)38-7)23-14-9-8-10-15-23/h8-16,19-20,27,35H,17-18H2,1-7H3,(H2,33,34,37)/t27-/m0/s1. The van der Waals surface area contributed by atoms with E-state index in [2.05, 4.69) is 64.3 Å². The van der Waals surface area contributed by atoms with E-state index in [0.717, 1.165) is 28.7 Å². The van der Waals surface area contributed by atoms with E-state index in [9.17, 15) is 14.7 Å². The highest BCUT2D eigenvalue weighted by Gasteiger charge is 2.27. The van der Waals surface area contributed by atoms with Crippen molar-refractivity contribution >= 4 is 17.7 Å². The molecule has 0 unspecified atom stereocenters. The Morgan fingerprint density at radius 3 is 1.95 bits per heavy atom. The van der Waals surface area contributed by atoms with Crippen LogP contribution < -0.4 is 10.6 Å². The number of hydrogen-bond donors (Lipinski definition) is 3. The molecule has 0 aromatic heterocycles. The van der Waals surface area contributed by atoms with Crippen molar-refractivity contribution in [2.24, 2.45) is 0 Å². The molecule has 0 spiro atoms. The van der Waals surface area contributed by atoms with Crippen LogP contribution in [0, 0.1) is 0 Å². The van der Waals surface area contributed by atoms with E-state index < -0.39 is 18.0 Å². The maximum atomic E-state index is 12.9. The van der Waals surface area contributed by atoms with Gasteiger partial charge in [-0.2, -0.15) is 0 Å². The third kappa shape index (κ3) is 7.15. The second kappa shape index (κ2) is 11.7. The topological polar surface area (TPSA) is 87.7 Å².